The number of amides is 1. The maximum absolute atomic E-state index is 12.8. The highest BCUT2D eigenvalue weighted by Gasteiger charge is 2.33. The quantitative estimate of drug-likeness (QED) is 0.797. The van der Waals surface area contributed by atoms with Crippen LogP contribution in [0.2, 0.25) is 0 Å². The highest BCUT2D eigenvalue weighted by molar-refractivity contribution is 5.79. The summed E-state index contributed by atoms with van der Waals surface area (Å²) in [6, 6.07) is 0. The summed E-state index contributed by atoms with van der Waals surface area (Å²) in [5.74, 6) is 0.527. The zero-order valence-electron chi connectivity index (χ0n) is 14.4. The normalized spacial score (nSPS) is 33.5. The van der Waals surface area contributed by atoms with Crippen LogP contribution < -0.4 is 0 Å². The third kappa shape index (κ3) is 4.48. The largest absolute Gasteiger partial charge is 0.497 e. The van der Waals surface area contributed by atoms with Gasteiger partial charge in [0, 0.05) is 25.6 Å². The summed E-state index contributed by atoms with van der Waals surface area (Å²) in [5, 5.41) is 0. The van der Waals surface area contributed by atoms with E-state index in [1.54, 1.807) is 0 Å². The molecule has 0 N–H and O–H groups in total. The number of hydrogen-bond acceptors (Lipinski definition) is 4. The standard InChI is InChI=1S/C18H30N2O3/c1-14-11-20(12-15(2)23-14)18(21)16-6-8-19(9-7-16)13-17-5-3-4-10-22-17/h4,10,14-17H,3,5-9,11-13H2,1-2H3/t14-,15-,17+/m1/s1. The maximum Gasteiger partial charge on any atom is 0.225 e. The summed E-state index contributed by atoms with van der Waals surface area (Å²) < 4.78 is 11.4. The van der Waals surface area contributed by atoms with E-state index >= 15 is 0 Å². The van der Waals surface area contributed by atoms with Crippen molar-refractivity contribution in [2.24, 2.45) is 5.92 Å². The minimum Gasteiger partial charge on any atom is -0.497 e. The number of carbonyl (C=O) groups is 1. The van der Waals surface area contributed by atoms with Gasteiger partial charge in [0.25, 0.3) is 0 Å². The predicted molar refractivity (Wildman–Crippen MR) is 89.0 cm³/mol. The van der Waals surface area contributed by atoms with Gasteiger partial charge < -0.3 is 14.4 Å². The molecular formula is C18H30N2O3. The average Bonchev–Trinajstić information content (AvgIpc) is 2.55. The molecule has 0 spiro atoms. The van der Waals surface area contributed by atoms with Gasteiger partial charge in [-0.25, -0.2) is 0 Å². The highest BCUT2D eigenvalue weighted by atomic mass is 16.5. The number of piperidine rings is 1. The Bertz CT molecular complexity index is 422. The molecule has 3 atom stereocenters. The van der Waals surface area contributed by atoms with E-state index in [9.17, 15) is 4.79 Å². The monoisotopic (exact) mass is 322 g/mol. The smallest absolute Gasteiger partial charge is 0.225 e. The molecule has 5 nitrogen and oxygen atoms in total. The van der Waals surface area contributed by atoms with E-state index in [4.69, 9.17) is 9.47 Å². The first kappa shape index (κ1) is 16.8. The molecule has 3 aliphatic rings. The molecule has 0 aromatic rings. The molecule has 5 heteroatoms. The first-order valence-corrected chi connectivity index (χ1v) is 9.09. The third-order valence-electron chi connectivity index (χ3n) is 5.15. The molecule has 0 aliphatic carbocycles. The van der Waals surface area contributed by atoms with Crippen LogP contribution in [0.3, 0.4) is 0 Å². The zero-order chi connectivity index (χ0) is 16.2. The van der Waals surface area contributed by atoms with Crippen molar-refractivity contribution in [3.05, 3.63) is 12.3 Å². The summed E-state index contributed by atoms with van der Waals surface area (Å²) in [6.07, 6.45) is 8.73. The van der Waals surface area contributed by atoms with Gasteiger partial charge in [-0.1, -0.05) is 0 Å². The second-order valence-corrected chi connectivity index (χ2v) is 7.28. The van der Waals surface area contributed by atoms with Crippen molar-refractivity contribution in [1.82, 2.24) is 9.80 Å². The van der Waals surface area contributed by atoms with Crippen molar-refractivity contribution in [2.75, 3.05) is 32.7 Å². The summed E-state index contributed by atoms with van der Waals surface area (Å²) >= 11 is 0. The Morgan fingerprint density at radius 1 is 1.13 bits per heavy atom. The molecule has 0 radical (unpaired) electrons. The first-order chi connectivity index (χ1) is 11.1. The maximum atomic E-state index is 12.8. The Kier molecular flexibility index (Phi) is 5.59. The van der Waals surface area contributed by atoms with E-state index < -0.39 is 0 Å². The van der Waals surface area contributed by atoms with Crippen molar-refractivity contribution >= 4 is 5.91 Å². The fourth-order valence-electron chi connectivity index (χ4n) is 3.99. The molecule has 3 heterocycles. The SMILES string of the molecule is C[C@@H]1CN(C(=O)C2CCN(C[C@@H]3CCC=CO3)CC2)C[C@@H](C)O1. The van der Waals surface area contributed by atoms with Crippen molar-refractivity contribution < 1.29 is 14.3 Å². The van der Waals surface area contributed by atoms with Crippen LogP contribution >= 0.6 is 0 Å². The third-order valence-corrected chi connectivity index (χ3v) is 5.15. The number of likely N-dealkylation sites (tertiary alicyclic amines) is 1. The summed E-state index contributed by atoms with van der Waals surface area (Å²) in [7, 11) is 0. The molecule has 3 aliphatic heterocycles. The number of hydrogen-bond donors (Lipinski definition) is 0. The Labute approximate surface area is 139 Å². The van der Waals surface area contributed by atoms with Crippen LogP contribution in [0.5, 0.6) is 0 Å². The van der Waals surface area contributed by atoms with Crippen LogP contribution in [-0.4, -0.2) is 66.7 Å². The molecule has 2 saturated heterocycles. The number of rotatable bonds is 3. The number of morpholine rings is 1. The van der Waals surface area contributed by atoms with Gasteiger partial charge in [-0.15, -0.1) is 0 Å². The van der Waals surface area contributed by atoms with Crippen molar-refractivity contribution in [3.8, 4) is 0 Å². The molecule has 0 aromatic carbocycles. The minimum absolute atomic E-state index is 0.152. The van der Waals surface area contributed by atoms with E-state index in [-0.39, 0.29) is 18.1 Å². The zero-order valence-corrected chi connectivity index (χ0v) is 14.4. The Balaban J connectivity index is 1.44. The van der Waals surface area contributed by atoms with Crippen LogP contribution in [0.1, 0.15) is 39.5 Å². The Morgan fingerprint density at radius 2 is 1.83 bits per heavy atom. The van der Waals surface area contributed by atoms with E-state index in [0.29, 0.717) is 12.0 Å². The van der Waals surface area contributed by atoms with Crippen LogP contribution in [0.15, 0.2) is 12.3 Å². The van der Waals surface area contributed by atoms with Gasteiger partial charge in [0.15, 0.2) is 0 Å². The van der Waals surface area contributed by atoms with Crippen LogP contribution in [0, 0.1) is 5.92 Å². The number of ether oxygens (including phenoxy) is 2. The summed E-state index contributed by atoms with van der Waals surface area (Å²) in [4.78, 5) is 17.2. The highest BCUT2D eigenvalue weighted by Crippen LogP contribution is 2.23. The molecule has 3 rings (SSSR count). The first-order valence-electron chi connectivity index (χ1n) is 9.09. The molecular weight excluding hydrogens is 292 g/mol. The van der Waals surface area contributed by atoms with Gasteiger partial charge in [-0.05, 0) is 58.7 Å². The van der Waals surface area contributed by atoms with Gasteiger partial charge >= 0.3 is 0 Å². The Hall–Kier alpha value is -1.07. The molecule has 0 bridgehead atoms. The topological polar surface area (TPSA) is 42.0 Å². The second-order valence-electron chi connectivity index (χ2n) is 7.28. The summed E-state index contributed by atoms with van der Waals surface area (Å²) in [6.45, 7) is 8.60. The average molecular weight is 322 g/mol. The predicted octanol–water partition coefficient (Wildman–Crippen LogP) is 2.03. The molecule has 0 unspecified atom stereocenters. The van der Waals surface area contributed by atoms with E-state index in [1.807, 2.05) is 11.2 Å². The molecule has 0 aromatic heterocycles. The lowest BCUT2D eigenvalue weighted by Gasteiger charge is -2.39. The van der Waals surface area contributed by atoms with Crippen molar-refractivity contribution in [2.45, 2.75) is 57.8 Å². The van der Waals surface area contributed by atoms with Crippen LogP contribution in [-0.2, 0) is 14.3 Å². The van der Waals surface area contributed by atoms with Gasteiger partial charge in [0.05, 0.1) is 18.5 Å². The second kappa shape index (κ2) is 7.67. The van der Waals surface area contributed by atoms with Crippen molar-refractivity contribution in [1.29, 1.82) is 0 Å². The van der Waals surface area contributed by atoms with Gasteiger partial charge in [-0.2, -0.15) is 0 Å². The van der Waals surface area contributed by atoms with E-state index in [2.05, 4.69) is 24.8 Å². The van der Waals surface area contributed by atoms with Gasteiger partial charge in [0.1, 0.15) is 6.10 Å². The molecule has 0 saturated carbocycles. The van der Waals surface area contributed by atoms with Crippen LogP contribution in [0.25, 0.3) is 0 Å². The molecule has 1 amide bonds. The van der Waals surface area contributed by atoms with E-state index in [1.165, 1.54) is 0 Å². The fraction of sp³-hybridized carbons (Fsp3) is 0.833. The summed E-state index contributed by atoms with van der Waals surface area (Å²) in [5.41, 5.74) is 0. The molecule has 130 valence electrons. The lowest BCUT2D eigenvalue weighted by Crippen LogP contribution is -2.51. The number of carbonyl (C=O) groups excluding carboxylic acids is 1. The minimum atomic E-state index is 0.152. The number of allylic oxidation sites excluding steroid dienone is 1. The van der Waals surface area contributed by atoms with Gasteiger partial charge in [0.2, 0.25) is 5.91 Å². The molecule has 23 heavy (non-hydrogen) atoms. The van der Waals surface area contributed by atoms with E-state index in [0.717, 1.165) is 58.4 Å². The van der Waals surface area contributed by atoms with Gasteiger partial charge in [-0.3, -0.25) is 9.69 Å². The number of nitrogens with zero attached hydrogens (tertiary/aromatic N) is 2. The van der Waals surface area contributed by atoms with Crippen molar-refractivity contribution in [3.63, 3.8) is 0 Å². The fourth-order valence-corrected chi connectivity index (χ4v) is 3.99. The van der Waals surface area contributed by atoms with Crippen LogP contribution in [0.4, 0.5) is 0 Å². The lowest BCUT2D eigenvalue weighted by molar-refractivity contribution is -0.149. The Morgan fingerprint density at radius 3 is 2.43 bits per heavy atom. The lowest BCUT2D eigenvalue weighted by atomic mass is 9.94. The molecule has 2 fully saturated rings.